The number of nitrogens with one attached hydrogen (secondary N) is 1. The van der Waals surface area contributed by atoms with Crippen molar-refractivity contribution in [2.45, 2.75) is 31.3 Å². The summed E-state index contributed by atoms with van der Waals surface area (Å²) in [6.07, 6.45) is 2.47. The number of piperidine rings is 1. The van der Waals surface area contributed by atoms with Crippen molar-refractivity contribution < 1.29 is 14.4 Å². The van der Waals surface area contributed by atoms with Gasteiger partial charge < -0.3 is 11.1 Å². The highest BCUT2D eigenvalue weighted by Crippen LogP contribution is 2.11. The number of likely N-dealkylation sites (tertiary alicyclic amines) is 1. The van der Waals surface area contributed by atoms with Gasteiger partial charge in [0, 0.05) is 13.5 Å². The number of nitrogens with two attached hydrogens (primary N) is 1. The van der Waals surface area contributed by atoms with Gasteiger partial charge in [0.25, 0.3) is 5.91 Å². The lowest BCUT2D eigenvalue weighted by atomic mass is 10.0. The number of hydrogen-bond acceptors (Lipinski definition) is 4. The second kappa shape index (κ2) is 5.58. The van der Waals surface area contributed by atoms with Crippen molar-refractivity contribution >= 4 is 17.7 Å². The van der Waals surface area contributed by atoms with Crippen LogP contribution in [-0.4, -0.2) is 41.8 Å². The molecule has 0 aromatic heterocycles. The molecule has 1 saturated heterocycles. The largest absolute Gasteiger partial charge is 0.343 e. The van der Waals surface area contributed by atoms with E-state index in [1.54, 1.807) is 6.08 Å². The molecule has 17 heavy (non-hydrogen) atoms. The minimum absolute atomic E-state index is 0.226. The van der Waals surface area contributed by atoms with Crippen molar-refractivity contribution in [3.05, 3.63) is 12.7 Å². The Morgan fingerprint density at radius 3 is 2.94 bits per heavy atom. The highest BCUT2D eigenvalue weighted by molar-refractivity contribution is 6.01. The van der Waals surface area contributed by atoms with Crippen molar-refractivity contribution in [3.63, 3.8) is 0 Å². The summed E-state index contributed by atoms with van der Waals surface area (Å²) in [6, 6.07) is -1.36. The molecule has 0 radical (unpaired) electrons. The van der Waals surface area contributed by atoms with Gasteiger partial charge in [0.05, 0.1) is 6.04 Å². The van der Waals surface area contributed by atoms with Crippen LogP contribution in [0.4, 0.5) is 0 Å². The number of rotatable bonds is 4. The van der Waals surface area contributed by atoms with Crippen molar-refractivity contribution in [1.82, 2.24) is 10.2 Å². The molecular weight excluding hydrogens is 222 g/mol. The maximum absolute atomic E-state index is 11.7. The average molecular weight is 239 g/mol. The van der Waals surface area contributed by atoms with E-state index in [1.165, 1.54) is 7.05 Å². The van der Waals surface area contributed by atoms with E-state index >= 15 is 0 Å². The van der Waals surface area contributed by atoms with Gasteiger partial charge >= 0.3 is 0 Å². The van der Waals surface area contributed by atoms with Crippen LogP contribution in [0.2, 0.25) is 0 Å². The number of hydrogen-bond donors (Lipinski definition) is 2. The van der Waals surface area contributed by atoms with Gasteiger partial charge in [0.2, 0.25) is 11.8 Å². The number of carbonyl (C=O) groups excluding carboxylic acids is 3. The molecule has 0 aliphatic carbocycles. The van der Waals surface area contributed by atoms with E-state index < -0.39 is 18.0 Å². The van der Waals surface area contributed by atoms with E-state index in [9.17, 15) is 14.4 Å². The van der Waals surface area contributed by atoms with Crippen LogP contribution in [0.25, 0.3) is 0 Å². The molecule has 0 bridgehead atoms. The van der Waals surface area contributed by atoms with Gasteiger partial charge in [-0.2, -0.15) is 0 Å². The van der Waals surface area contributed by atoms with Gasteiger partial charge in [-0.3, -0.25) is 19.3 Å². The van der Waals surface area contributed by atoms with Crippen molar-refractivity contribution in [3.8, 4) is 0 Å². The van der Waals surface area contributed by atoms with E-state index in [0.717, 1.165) is 4.90 Å². The monoisotopic (exact) mass is 239 g/mol. The summed E-state index contributed by atoms with van der Waals surface area (Å²) >= 11 is 0. The van der Waals surface area contributed by atoms with Gasteiger partial charge in [0.1, 0.15) is 6.04 Å². The van der Waals surface area contributed by atoms with Crippen molar-refractivity contribution in [2.24, 2.45) is 5.73 Å². The quantitative estimate of drug-likeness (QED) is 0.494. The highest BCUT2D eigenvalue weighted by Gasteiger charge is 2.33. The SMILES string of the molecule is C=CCC(N)C(=O)NC1CCC(=O)N(C)C1=O. The Balaban J connectivity index is 2.57. The fraction of sp³-hybridized carbons (Fsp3) is 0.545. The standard InChI is InChI=1S/C11H17N3O3/c1-3-4-7(12)10(16)13-8-5-6-9(15)14(2)11(8)17/h3,7-8H,1,4-6,12H2,2H3,(H,13,16). The number of likely N-dealkylation sites (N-methyl/N-ethyl adjacent to an activating group) is 1. The molecule has 1 aliphatic heterocycles. The Kier molecular flexibility index (Phi) is 4.39. The molecule has 6 nitrogen and oxygen atoms in total. The minimum atomic E-state index is -0.705. The first-order valence-electron chi connectivity index (χ1n) is 5.44. The molecule has 0 saturated carbocycles. The molecule has 94 valence electrons. The summed E-state index contributed by atoms with van der Waals surface area (Å²) < 4.78 is 0. The molecular formula is C11H17N3O3. The molecule has 6 heteroatoms. The molecule has 2 unspecified atom stereocenters. The predicted molar refractivity (Wildman–Crippen MR) is 61.7 cm³/mol. The topological polar surface area (TPSA) is 92.5 Å². The summed E-state index contributed by atoms with van der Waals surface area (Å²) in [5.74, 6) is -1.01. The van der Waals surface area contributed by atoms with Crippen LogP contribution in [-0.2, 0) is 14.4 Å². The fourth-order valence-corrected chi connectivity index (χ4v) is 1.61. The highest BCUT2D eigenvalue weighted by atomic mass is 16.2. The lowest BCUT2D eigenvalue weighted by molar-refractivity contribution is -0.149. The van der Waals surface area contributed by atoms with Crippen LogP contribution in [0.5, 0.6) is 0 Å². The van der Waals surface area contributed by atoms with E-state index in [0.29, 0.717) is 12.8 Å². The van der Waals surface area contributed by atoms with Gasteiger partial charge in [-0.15, -0.1) is 6.58 Å². The smallest absolute Gasteiger partial charge is 0.251 e. The third kappa shape index (κ3) is 3.13. The van der Waals surface area contributed by atoms with E-state index in [2.05, 4.69) is 11.9 Å². The molecule has 1 fully saturated rings. The lowest BCUT2D eigenvalue weighted by Crippen LogP contribution is -2.55. The number of imide groups is 1. The molecule has 3 N–H and O–H groups in total. The minimum Gasteiger partial charge on any atom is -0.343 e. The second-order valence-electron chi connectivity index (χ2n) is 4.02. The molecule has 0 spiro atoms. The number of amides is 3. The number of nitrogens with zero attached hydrogens (tertiary/aromatic N) is 1. The molecule has 1 heterocycles. The van der Waals surface area contributed by atoms with Gasteiger partial charge in [-0.1, -0.05) is 6.08 Å². The zero-order valence-corrected chi connectivity index (χ0v) is 9.81. The molecule has 3 amide bonds. The molecule has 0 aromatic rings. The lowest BCUT2D eigenvalue weighted by Gasteiger charge is -2.28. The predicted octanol–water partition coefficient (Wildman–Crippen LogP) is -0.847. The fourth-order valence-electron chi connectivity index (χ4n) is 1.61. The van der Waals surface area contributed by atoms with Crippen LogP contribution in [0.3, 0.4) is 0 Å². The summed E-state index contributed by atoms with van der Waals surface area (Å²) in [5, 5.41) is 2.55. The molecule has 2 atom stereocenters. The Morgan fingerprint density at radius 2 is 2.35 bits per heavy atom. The summed E-state index contributed by atoms with van der Waals surface area (Å²) in [6.45, 7) is 3.49. The van der Waals surface area contributed by atoms with Gasteiger partial charge in [-0.05, 0) is 12.8 Å². The Labute approximate surface area is 99.8 Å². The third-order valence-electron chi connectivity index (χ3n) is 2.72. The van der Waals surface area contributed by atoms with Gasteiger partial charge in [0.15, 0.2) is 0 Å². The van der Waals surface area contributed by atoms with Crippen LogP contribution in [0.15, 0.2) is 12.7 Å². The van der Waals surface area contributed by atoms with E-state index in [-0.39, 0.29) is 18.2 Å². The maximum Gasteiger partial charge on any atom is 0.251 e. The Morgan fingerprint density at radius 1 is 1.71 bits per heavy atom. The van der Waals surface area contributed by atoms with Crippen molar-refractivity contribution in [1.29, 1.82) is 0 Å². The molecule has 1 rings (SSSR count). The molecule has 1 aliphatic rings. The second-order valence-corrected chi connectivity index (χ2v) is 4.02. The summed E-state index contributed by atoms with van der Waals surface area (Å²) in [7, 11) is 1.41. The van der Waals surface area contributed by atoms with Gasteiger partial charge in [-0.25, -0.2) is 0 Å². The van der Waals surface area contributed by atoms with Crippen LogP contribution in [0.1, 0.15) is 19.3 Å². The Bertz CT molecular complexity index is 354. The van der Waals surface area contributed by atoms with Crippen LogP contribution < -0.4 is 11.1 Å². The van der Waals surface area contributed by atoms with E-state index in [1.807, 2.05) is 0 Å². The Hall–Kier alpha value is -1.69. The summed E-state index contributed by atoms with van der Waals surface area (Å²) in [5.41, 5.74) is 5.58. The summed E-state index contributed by atoms with van der Waals surface area (Å²) in [4.78, 5) is 35.5. The third-order valence-corrected chi connectivity index (χ3v) is 2.72. The zero-order valence-electron chi connectivity index (χ0n) is 9.81. The van der Waals surface area contributed by atoms with E-state index in [4.69, 9.17) is 5.73 Å². The average Bonchev–Trinajstić information content (AvgIpc) is 2.30. The van der Waals surface area contributed by atoms with Crippen LogP contribution in [0, 0.1) is 0 Å². The van der Waals surface area contributed by atoms with Crippen LogP contribution >= 0.6 is 0 Å². The normalized spacial score (nSPS) is 22.2. The maximum atomic E-state index is 11.7. The first-order valence-corrected chi connectivity index (χ1v) is 5.44. The first-order chi connectivity index (χ1) is 7.97. The first kappa shape index (κ1) is 13.4. The van der Waals surface area contributed by atoms with Crippen molar-refractivity contribution in [2.75, 3.05) is 7.05 Å². The number of carbonyl (C=O) groups is 3. The zero-order chi connectivity index (χ0) is 13.0. The molecule has 0 aromatic carbocycles.